The van der Waals surface area contributed by atoms with Crippen LogP contribution in [0.2, 0.25) is 0 Å². The number of benzene rings is 1. The lowest BCUT2D eigenvalue weighted by Gasteiger charge is -2.38. The maximum Gasteiger partial charge on any atom is 0.329 e. The van der Waals surface area contributed by atoms with E-state index in [0.29, 0.717) is 18.5 Å². The molecule has 19 heavy (non-hydrogen) atoms. The van der Waals surface area contributed by atoms with Crippen molar-refractivity contribution in [3.63, 3.8) is 0 Å². The summed E-state index contributed by atoms with van der Waals surface area (Å²) in [5.41, 5.74) is 1.68. The van der Waals surface area contributed by atoms with Crippen LogP contribution in [-0.4, -0.2) is 22.6 Å². The van der Waals surface area contributed by atoms with Crippen LogP contribution in [0.4, 0.5) is 10.5 Å². The number of aryl methyl sites for hydroxylation is 2. The van der Waals surface area contributed by atoms with E-state index >= 15 is 0 Å². The van der Waals surface area contributed by atoms with Crippen molar-refractivity contribution < 1.29 is 14.7 Å². The first-order valence-corrected chi connectivity index (χ1v) is 6.33. The predicted molar refractivity (Wildman–Crippen MR) is 72.3 cm³/mol. The molecule has 1 aromatic rings. The zero-order chi connectivity index (χ0) is 14.0. The quantitative estimate of drug-likeness (QED) is 0.782. The minimum atomic E-state index is -1.08. The van der Waals surface area contributed by atoms with E-state index in [0.717, 1.165) is 17.5 Å². The number of rotatable bonds is 3. The predicted octanol–water partition coefficient (Wildman–Crippen LogP) is 2.43. The fraction of sp³-hybridized carbons (Fsp3) is 0.429. The second-order valence-corrected chi connectivity index (χ2v) is 5.14. The van der Waals surface area contributed by atoms with Gasteiger partial charge in [-0.2, -0.15) is 0 Å². The number of anilines is 1. The van der Waals surface area contributed by atoms with Gasteiger partial charge in [0, 0.05) is 5.69 Å². The fourth-order valence-electron chi connectivity index (χ4n) is 2.25. The van der Waals surface area contributed by atoms with Crippen LogP contribution < -0.4 is 10.6 Å². The molecule has 0 aliphatic heterocycles. The lowest BCUT2D eigenvalue weighted by atomic mass is 9.77. The second-order valence-electron chi connectivity index (χ2n) is 5.14. The van der Waals surface area contributed by atoms with Gasteiger partial charge in [0.1, 0.15) is 5.54 Å². The molecule has 1 fully saturated rings. The molecule has 0 atom stereocenters. The first-order valence-electron chi connectivity index (χ1n) is 6.33. The fourth-order valence-corrected chi connectivity index (χ4v) is 2.25. The van der Waals surface area contributed by atoms with Crippen molar-refractivity contribution in [1.29, 1.82) is 0 Å². The Kier molecular flexibility index (Phi) is 3.46. The van der Waals surface area contributed by atoms with E-state index in [9.17, 15) is 9.59 Å². The maximum absolute atomic E-state index is 11.9. The molecule has 0 aromatic heterocycles. The van der Waals surface area contributed by atoms with Crippen LogP contribution >= 0.6 is 0 Å². The smallest absolute Gasteiger partial charge is 0.329 e. The number of urea groups is 1. The van der Waals surface area contributed by atoms with Crippen molar-refractivity contribution in [2.75, 3.05) is 5.32 Å². The van der Waals surface area contributed by atoms with Gasteiger partial charge in [-0.15, -0.1) is 0 Å². The van der Waals surface area contributed by atoms with Gasteiger partial charge in [-0.25, -0.2) is 9.59 Å². The largest absolute Gasteiger partial charge is 0.480 e. The van der Waals surface area contributed by atoms with Crippen molar-refractivity contribution in [3.05, 3.63) is 29.3 Å². The number of carboxylic acids is 1. The van der Waals surface area contributed by atoms with E-state index in [1.165, 1.54) is 0 Å². The van der Waals surface area contributed by atoms with Crippen LogP contribution in [-0.2, 0) is 4.79 Å². The molecular weight excluding hydrogens is 244 g/mol. The van der Waals surface area contributed by atoms with E-state index in [1.54, 1.807) is 0 Å². The first-order chi connectivity index (χ1) is 8.93. The van der Waals surface area contributed by atoms with Crippen LogP contribution in [0.5, 0.6) is 0 Å². The van der Waals surface area contributed by atoms with Crippen molar-refractivity contribution in [3.8, 4) is 0 Å². The first kappa shape index (κ1) is 13.4. The lowest BCUT2D eigenvalue weighted by molar-refractivity contribution is -0.148. The third-order valence-electron chi connectivity index (χ3n) is 3.60. The van der Waals surface area contributed by atoms with Crippen molar-refractivity contribution in [2.24, 2.45) is 0 Å². The SMILES string of the molecule is Cc1ccc(NC(=O)NC2(C(=O)O)CCC2)c(C)c1. The van der Waals surface area contributed by atoms with Crippen LogP contribution in [0.25, 0.3) is 0 Å². The summed E-state index contributed by atoms with van der Waals surface area (Å²) in [4.78, 5) is 23.0. The molecule has 1 aliphatic carbocycles. The summed E-state index contributed by atoms with van der Waals surface area (Å²) >= 11 is 0. The van der Waals surface area contributed by atoms with Gasteiger partial charge in [-0.3, -0.25) is 0 Å². The molecule has 0 saturated heterocycles. The third kappa shape index (κ3) is 2.70. The van der Waals surface area contributed by atoms with Gasteiger partial charge in [-0.1, -0.05) is 17.7 Å². The number of carbonyl (C=O) groups excluding carboxylic acids is 1. The number of nitrogens with one attached hydrogen (secondary N) is 2. The molecule has 5 nitrogen and oxygen atoms in total. The van der Waals surface area contributed by atoms with E-state index in [2.05, 4.69) is 10.6 Å². The highest BCUT2D eigenvalue weighted by Gasteiger charge is 2.45. The van der Waals surface area contributed by atoms with E-state index < -0.39 is 17.5 Å². The molecule has 0 spiro atoms. The minimum Gasteiger partial charge on any atom is -0.480 e. The van der Waals surface area contributed by atoms with Crippen LogP contribution in [0, 0.1) is 13.8 Å². The Bertz CT molecular complexity index is 521. The van der Waals surface area contributed by atoms with Gasteiger partial charge in [0.15, 0.2) is 0 Å². The molecule has 1 aliphatic rings. The summed E-state index contributed by atoms with van der Waals surface area (Å²) in [6.45, 7) is 3.88. The average Bonchev–Trinajstić information content (AvgIpc) is 2.27. The summed E-state index contributed by atoms with van der Waals surface area (Å²) in [7, 11) is 0. The lowest BCUT2D eigenvalue weighted by Crippen LogP contribution is -2.60. The van der Waals surface area contributed by atoms with Crippen LogP contribution in [0.15, 0.2) is 18.2 Å². The van der Waals surface area contributed by atoms with Gasteiger partial charge < -0.3 is 15.7 Å². The highest BCUT2D eigenvalue weighted by Crippen LogP contribution is 2.32. The molecule has 102 valence electrons. The zero-order valence-electron chi connectivity index (χ0n) is 11.1. The summed E-state index contributed by atoms with van der Waals surface area (Å²) < 4.78 is 0. The van der Waals surface area contributed by atoms with Gasteiger partial charge in [0.25, 0.3) is 0 Å². The van der Waals surface area contributed by atoms with Crippen molar-refractivity contribution in [2.45, 2.75) is 38.6 Å². The van der Waals surface area contributed by atoms with Crippen LogP contribution in [0.3, 0.4) is 0 Å². The highest BCUT2D eigenvalue weighted by atomic mass is 16.4. The molecule has 0 heterocycles. The molecule has 0 unspecified atom stereocenters. The van der Waals surface area contributed by atoms with E-state index in [1.807, 2.05) is 32.0 Å². The Hall–Kier alpha value is -2.04. The number of amides is 2. The minimum absolute atomic E-state index is 0.464. The Morgan fingerprint density at radius 2 is 1.95 bits per heavy atom. The molecular formula is C14H18N2O3. The van der Waals surface area contributed by atoms with Crippen molar-refractivity contribution >= 4 is 17.7 Å². The monoisotopic (exact) mass is 262 g/mol. The molecule has 1 aromatic carbocycles. The number of carbonyl (C=O) groups is 2. The number of carboxylic acid groups (broad SMARTS) is 1. The molecule has 5 heteroatoms. The summed E-state index contributed by atoms with van der Waals surface area (Å²) in [5, 5.41) is 14.4. The standard InChI is InChI=1S/C14H18N2O3/c1-9-4-5-11(10(2)8-9)15-13(19)16-14(12(17)18)6-3-7-14/h4-5,8H,3,6-7H2,1-2H3,(H,17,18)(H2,15,16,19). The number of hydrogen-bond acceptors (Lipinski definition) is 2. The molecule has 0 bridgehead atoms. The Labute approximate surface area is 112 Å². The maximum atomic E-state index is 11.9. The summed E-state index contributed by atoms with van der Waals surface area (Å²) in [6, 6.07) is 5.22. The van der Waals surface area contributed by atoms with Gasteiger partial charge in [-0.05, 0) is 44.7 Å². The summed E-state index contributed by atoms with van der Waals surface area (Å²) in [6.07, 6.45) is 1.81. The molecule has 2 amide bonds. The normalized spacial score (nSPS) is 16.3. The zero-order valence-corrected chi connectivity index (χ0v) is 11.1. The van der Waals surface area contributed by atoms with E-state index in [4.69, 9.17) is 5.11 Å². The van der Waals surface area contributed by atoms with Crippen LogP contribution in [0.1, 0.15) is 30.4 Å². The Balaban J connectivity index is 2.03. The topological polar surface area (TPSA) is 78.4 Å². The van der Waals surface area contributed by atoms with Crippen molar-refractivity contribution in [1.82, 2.24) is 5.32 Å². The molecule has 0 radical (unpaired) electrons. The number of aliphatic carboxylic acids is 1. The Morgan fingerprint density at radius 3 is 2.42 bits per heavy atom. The second kappa shape index (κ2) is 4.91. The third-order valence-corrected chi connectivity index (χ3v) is 3.60. The van der Waals surface area contributed by atoms with Gasteiger partial charge in [0.2, 0.25) is 0 Å². The summed E-state index contributed by atoms with van der Waals surface area (Å²) in [5.74, 6) is -0.963. The van der Waals surface area contributed by atoms with Gasteiger partial charge >= 0.3 is 12.0 Å². The molecule has 1 saturated carbocycles. The number of hydrogen-bond donors (Lipinski definition) is 3. The average molecular weight is 262 g/mol. The van der Waals surface area contributed by atoms with Gasteiger partial charge in [0.05, 0.1) is 0 Å². The van der Waals surface area contributed by atoms with E-state index in [-0.39, 0.29) is 0 Å². The highest BCUT2D eigenvalue weighted by molar-refractivity contribution is 5.94. The molecule has 3 N–H and O–H groups in total. The molecule has 2 rings (SSSR count). The Morgan fingerprint density at radius 1 is 1.26 bits per heavy atom.